The van der Waals surface area contributed by atoms with Crippen LogP contribution in [0.5, 0.6) is 0 Å². The highest BCUT2D eigenvalue weighted by atomic mass is 127. The summed E-state index contributed by atoms with van der Waals surface area (Å²) in [5.41, 5.74) is 0.958. The van der Waals surface area contributed by atoms with Gasteiger partial charge in [-0.15, -0.1) is 0 Å². The Kier molecular flexibility index (Phi) is 3.46. The summed E-state index contributed by atoms with van der Waals surface area (Å²) in [4.78, 5) is 10.8. The molecule has 4 nitrogen and oxygen atoms in total. The third-order valence-electron chi connectivity index (χ3n) is 3.51. The van der Waals surface area contributed by atoms with Crippen LogP contribution in [-0.2, 0) is 0 Å². The van der Waals surface area contributed by atoms with Crippen LogP contribution in [0, 0.1) is 3.57 Å². The van der Waals surface area contributed by atoms with Gasteiger partial charge in [-0.3, -0.25) is 0 Å². The molecule has 1 unspecified atom stereocenters. The van der Waals surface area contributed by atoms with Gasteiger partial charge in [-0.25, -0.2) is 9.97 Å². The first-order chi connectivity index (χ1) is 8.66. The predicted molar refractivity (Wildman–Crippen MR) is 81.0 cm³/mol. The van der Waals surface area contributed by atoms with Crippen molar-refractivity contribution in [3.63, 3.8) is 0 Å². The quantitative estimate of drug-likeness (QED) is 0.567. The second-order valence-electron chi connectivity index (χ2n) is 4.81. The number of piperidine rings is 1. The molecule has 1 saturated heterocycles. The Morgan fingerprint density at radius 3 is 3.06 bits per heavy atom. The molecule has 6 heteroatoms. The van der Waals surface area contributed by atoms with Crippen molar-refractivity contribution in [1.82, 2.24) is 19.4 Å². The van der Waals surface area contributed by atoms with E-state index in [0.717, 1.165) is 21.1 Å². The Labute approximate surface area is 124 Å². The first-order valence-corrected chi connectivity index (χ1v) is 7.47. The molecular formula is C12H14ClIN4. The highest BCUT2D eigenvalue weighted by molar-refractivity contribution is 14.1. The van der Waals surface area contributed by atoms with E-state index < -0.39 is 0 Å². The fraction of sp³-hybridized carbons (Fsp3) is 0.500. The van der Waals surface area contributed by atoms with Crippen molar-refractivity contribution < 1.29 is 0 Å². The van der Waals surface area contributed by atoms with E-state index in [1.165, 1.54) is 19.4 Å². The third-order valence-corrected chi connectivity index (χ3v) is 4.61. The van der Waals surface area contributed by atoms with Crippen molar-refractivity contribution in [3.05, 3.63) is 21.2 Å². The van der Waals surface area contributed by atoms with Crippen LogP contribution >= 0.6 is 34.2 Å². The van der Waals surface area contributed by atoms with Crippen LogP contribution in [0.1, 0.15) is 18.9 Å². The number of halogens is 2. The van der Waals surface area contributed by atoms with E-state index in [2.05, 4.69) is 55.3 Å². The van der Waals surface area contributed by atoms with E-state index in [1.807, 2.05) is 0 Å². The second-order valence-corrected chi connectivity index (χ2v) is 6.33. The average molecular weight is 377 g/mol. The van der Waals surface area contributed by atoms with E-state index in [0.29, 0.717) is 11.2 Å². The average Bonchev–Trinajstić information content (AvgIpc) is 2.68. The molecule has 0 N–H and O–H groups in total. The topological polar surface area (TPSA) is 34.0 Å². The van der Waals surface area contributed by atoms with Gasteiger partial charge in [-0.1, -0.05) is 11.6 Å². The molecule has 0 amide bonds. The van der Waals surface area contributed by atoms with Gasteiger partial charge in [-0.2, -0.15) is 0 Å². The fourth-order valence-electron chi connectivity index (χ4n) is 2.65. The molecule has 3 heterocycles. The minimum atomic E-state index is 0.487. The van der Waals surface area contributed by atoms with Gasteiger partial charge in [0.25, 0.3) is 0 Å². The van der Waals surface area contributed by atoms with Crippen molar-refractivity contribution in [3.8, 4) is 0 Å². The molecule has 0 radical (unpaired) electrons. The summed E-state index contributed by atoms with van der Waals surface area (Å²) < 4.78 is 3.39. The summed E-state index contributed by atoms with van der Waals surface area (Å²) in [5, 5.41) is 1.53. The van der Waals surface area contributed by atoms with Crippen LogP contribution in [0.3, 0.4) is 0 Å². The van der Waals surface area contributed by atoms with Gasteiger partial charge in [0.15, 0.2) is 0 Å². The summed E-state index contributed by atoms with van der Waals surface area (Å²) >= 11 is 8.47. The van der Waals surface area contributed by atoms with Gasteiger partial charge < -0.3 is 9.47 Å². The molecule has 0 aliphatic carbocycles. The predicted octanol–water partition coefficient (Wildman–Crippen LogP) is 2.96. The van der Waals surface area contributed by atoms with Crippen LogP contribution in [-0.4, -0.2) is 39.6 Å². The molecule has 96 valence electrons. The third kappa shape index (κ3) is 2.12. The first-order valence-electron chi connectivity index (χ1n) is 6.02. The van der Waals surface area contributed by atoms with E-state index in [1.54, 1.807) is 6.33 Å². The fourth-order valence-corrected chi connectivity index (χ4v) is 3.84. The van der Waals surface area contributed by atoms with Crippen LogP contribution in [0.15, 0.2) is 12.5 Å². The number of aromatic nitrogens is 3. The lowest BCUT2D eigenvalue weighted by molar-refractivity contribution is 0.214. The SMILES string of the molecule is CN1CCCC(n2cc(I)c3c(Cl)ncnc32)C1. The lowest BCUT2D eigenvalue weighted by atomic mass is 10.1. The monoisotopic (exact) mass is 376 g/mol. The zero-order valence-corrected chi connectivity index (χ0v) is 13.0. The van der Waals surface area contributed by atoms with Gasteiger partial charge >= 0.3 is 0 Å². The number of fused-ring (bicyclic) bond motifs is 1. The summed E-state index contributed by atoms with van der Waals surface area (Å²) in [6.45, 7) is 2.25. The number of likely N-dealkylation sites (tertiary alicyclic amines) is 1. The van der Waals surface area contributed by atoms with Gasteiger partial charge in [-0.05, 0) is 49.0 Å². The molecule has 0 bridgehead atoms. The zero-order chi connectivity index (χ0) is 12.7. The van der Waals surface area contributed by atoms with Crippen molar-refractivity contribution in [2.45, 2.75) is 18.9 Å². The Bertz CT molecular complexity index is 583. The van der Waals surface area contributed by atoms with E-state index >= 15 is 0 Å². The largest absolute Gasteiger partial charge is 0.327 e. The number of hydrogen-bond acceptors (Lipinski definition) is 3. The van der Waals surface area contributed by atoms with Crippen molar-refractivity contribution in [1.29, 1.82) is 0 Å². The zero-order valence-electron chi connectivity index (χ0n) is 10.1. The molecule has 2 aromatic heterocycles. The smallest absolute Gasteiger partial charge is 0.146 e. The number of nitrogens with zero attached hydrogens (tertiary/aromatic N) is 4. The Balaban J connectivity index is 2.09. The summed E-state index contributed by atoms with van der Waals surface area (Å²) in [7, 11) is 2.17. The number of rotatable bonds is 1. The van der Waals surface area contributed by atoms with Gasteiger partial charge in [0.1, 0.15) is 17.1 Å². The van der Waals surface area contributed by atoms with Gasteiger partial charge in [0, 0.05) is 22.4 Å². The highest BCUT2D eigenvalue weighted by Crippen LogP contribution is 2.31. The summed E-state index contributed by atoms with van der Waals surface area (Å²) in [6.07, 6.45) is 6.13. The first kappa shape index (κ1) is 12.6. The van der Waals surface area contributed by atoms with Gasteiger partial charge in [0.2, 0.25) is 0 Å². The van der Waals surface area contributed by atoms with Crippen LogP contribution < -0.4 is 0 Å². The van der Waals surface area contributed by atoms with Crippen molar-refractivity contribution >= 4 is 45.2 Å². The number of hydrogen-bond donors (Lipinski definition) is 0. The van der Waals surface area contributed by atoms with E-state index in [4.69, 9.17) is 11.6 Å². The normalized spacial score (nSPS) is 21.6. The standard InChI is InChI=1S/C12H14ClIN4/c1-17-4-2-3-8(5-17)18-6-9(14)10-11(13)15-7-16-12(10)18/h6-8H,2-5H2,1H3. The Hall–Kier alpha value is -0.400. The number of likely N-dealkylation sites (N-methyl/N-ethyl adjacent to an activating group) is 1. The minimum Gasteiger partial charge on any atom is -0.327 e. The van der Waals surface area contributed by atoms with Crippen LogP contribution in [0.25, 0.3) is 11.0 Å². The lowest BCUT2D eigenvalue weighted by Crippen LogP contribution is -2.33. The highest BCUT2D eigenvalue weighted by Gasteiger charge is 2.22. The molecule has 0 spiro atoms. The Morgan fingerprint density at radius 2 is 2.28 bits per heavy atom. The van der Waals surface area contributed by atoms with E-state index in [9.17, 15) is 0 Å². The van der Waals surface area contributed by atoms with Crippen molar-refractivity contribution in [2.75, 3.05) is 20.1 Å². The summed E-state index contributed by atoms with van der Waals surface area (Å²) in [6, 6.07) is 0.487. The molecule has 0 aromatic carbocycles. The molecule has 0 saturated carbocycles. The molecule has 3 rings (SSSR count). The molecule has 1 atom stereocenters. The molecule has 2 aromatic rings. The maximum atomic E-state index is 6.16. The molecule has 18 heavy (non-hydrogen) atoms. The lowest BCUT2D eigenvalue weighted by Gasteiger charge is -2.30. The summed E-state index contributed by atoms with van der Waals surface area (Å²) in [5.74, 6) is 0. The van der Waals surface area contributed by atoms with Gasteiger partial charge in [0.05, 0.1) is 5.39 Å². The van der Waals surface area contributed by atoms with Crippen LogP contribution in [0.2, 0.25) is 5.15 Å². The molecule has 1 aliphatic rings. The van der Waals surface area contributed by atoms with Crippen LogP contribution in [0.4, 0.5) is 0 Å². The van der Waals surface area contributed by atoms with E-state index in [-0.39, 0.29) is 0 Å². The maximum absolute atomic E-state index is 6.16. The molecular weight excluding hydrogens is 363 g/mol. The Morgan fingerprint density at radius 1 is 1.44 bits per heavy atom. The second kappa shape index (κ2) is 4.94. The minimum absolute atomic E-state index is 0.487. The van der Waals surface area contributed by atoms with Crippen molar-refractivity contribution in [2.24, 2.45) is 0 Å². The molecule has 1 fully saturated rings. The maximum Gasteiger partial charge on any atom is 0.146 e. The molecule has 1 aliphatic heterocycles.